The van der Waals surface area contributed by atoms with Crippen LogP contribution in [0.1, 0.15) is 45.5 Å². The summed E-state index contributed by atoms with van der Waals surface area (Å²) in [5.74, 6) is 1.05. The summed E-state index contributed by atoms with van der Waals surface area (Å²) in [6.07, 6.45) is 5.20. The largest absolute Gasteiger partial charge is 0.378 e. The normalized spacial score (nSPS) is 10.7. The van der Waals surface area contributed by atoms with Crippen LogP contribution in [0.4, 0.5) is 11.4 Å². The highest BCUT2D eigenvalue weighted by atomic mass is 16.1. The Bertz CT molecular complexity index is 619. The van der Waals surface area contributed by atoms with E-state index >= 15 is 0 Å². The molecule has 0 aliphatic heterocycles. The number of anilines is 2. The molecule has 0 spiro atoms. The Kier molecular flexibility index (Phi) is 5.58. The molecule has 0 saturated carbocycles. The van der Waals surface area contributed by atoms with Gasteiger partial charge in [0.05, 0.1) is 6.54 Å². The number of nitrogens with zero attached hydrogens (tertiary/aromatic N) is 2. The molecule has 118 valence electrons. The van der Waals surface area contributed by atoms with Gasteiger partial charge in [0.1, 0.15) is 5.82 Å². The zero-order chi connectivity index (χ0) is 15.9. The number of benzene rings is 1. The zero-order valence-electron chi connectivity index (χ0n) is 13.5. The lowest BCUT2D eigenvalue weighted by atomic mass is 10.2. The van der Waals surface area contributed by atoms with E-state index in [-0.39, 0.29) is 5.91 Å². The molecule has 2 aromatic rings. The second kappa shape index (κ2) is 7.64. The van der Waals surface area contributed by atoms with Crippen LogP contribution in [-0.4, -0.2) is 15.5 Å². The van der Waals surface area contributed by atoms with Gasteiger partial charge in [-0.25, -0.2) is 4.98 Å². The Labute approximate surface area is 131 Å². The molecule has 0 radical (unpaired) electrons. The first-order valence-corrected chi connectivity index (χ1v) is 7.75. The molecule has 1 amide bonds. The molecule has 0 aliphatic rings. The quantitative estimate of drug-likeness (QED) is 0.817. The Hall–Kier alpha value is -2.30. The van der Waals surface area contributed by atoms with Gasteiger partial charge in [-0.15, -0.1) is 0 Å². The van der Waals surface area contributed by atoms with E-state index in [4.69, 9.17) is 0 Å². The van der Waals surface area contributed by atoms with Gasteiger partial charge in [0.15, 0.2) is 0 Å². The van der Waals surface area contributed by atoms with E-state index in [9.17, 15) is 4.79 Å². The Balaban J connectivity index is 1.98. The predicted octanol–water partition coefficient (Wildman–Crippen LogP) is 3.81. The van der Waals surface area contributed by atoms with Crippen LogP contribution >= 0.6 is 0 Å². The molecule has 2 rings (SSSR count). The van der Waals surface area contributed by atoms with Gasteiger partial charge in [-0.2, -0.15) is 0 Å². The third kappa shape index (κ3) is 4.35. The average molecular weight is 300 g/mol. The summed E-state index contributed by atoms with van der Waals surface area (Å²) >= 11 is 0. The topological polar surface area (TPSA) is 59.0 Å². The van der Waals surface area contributed by atoms with Crippen LogP contribution in [0, 0.1) is 0 Å². The highest BCUT2D eigenvalue weighted by molar-refractivity contribution is 5.91. The van der Waals surface area contributed by atoms with Crippen LogP contribution in [-0.2, 0) is 11.3 Å². The van der Waals surface area contributed by atoms with E-state index < -0.39 is 0 Å². The van der Waals surface area contributed by atoms with Gasteiger partial charge in [0, 0.05) is 36.2 Å². The van der Waals surface area contributed by atoms with Gasteiger partial charge in [0.2, 0.25) is 5.91 Å². The fourth-order valence-electron chi connectivity index (χ4n) is 2.29. The molecule has 1 heterocycles. The zero-order valence-corrected chi connectivity index (χ0v) is 13.5. The number of imidazole rings is 1. The van der Waals surface area contributed by atoms with Crippen molar-refractivity contribution in [3.05, 3.63) is 42.5 Å². The number of rotatable bonds is 7. The van der Waals surface area contributed by atoms with E-state index in [0.717, 1.165) is 23.6 Å². The fraction of sp³-hybridized carbons (Fsp3) is 0.412. The number of carbonyl (C=O) groups is 1. The molecular formula is C17H24N4O. The minimum atomic E-state index is 0.0509. The van der Waals surface area contributed by atoms with Crippen molar-refractivity contribution in [2.45, 2.75) is 46.2 Å². The standard InChI is InChI=1S/C17H24N4O/c1-4-6-17(22)20-15-8-5-7-14(11-15)19-12-16-18-9-10-21(16)13(2)3/h5,7-11,13,19H,4,6,12H2,1-3H3,(H,20,22). The van der Waals surface area contributed by atoms with Crippen LogP contribution in [0.5, 0.6) is 0 Å². The lowest BCUT2D eigenvalue weighted by Crippen LogP contribution is -2.12. The van der Waals surface area contributed by atoms with Crippen LogP contribution < -0.4 is 10.6 Å². The fourth-order valence-corrected chi connectivity index (χ4v) is 2.29. The maximum absolute atomic E-state index is 11.6. The van der Waals surface area contributed by atoms with E-state index in [1.54, 1.807) is 0 Å². The Morgan fingerprint density at radius 1 is 1.32 bits per heavy atom. The second-order valence-corrected chi connectivity index (χ2v) is 5.58. The van der Waals surface area contributed by atoms with Crippen LogP contribution in [0.25, 0.3) is 0 Å². The summed E-state index contributed by atoms with van der Waals surface area (Å²) in [6.45, 7) is 6.91. The minimum absolute atomic E-state index is 0.0509. The van der Waals surface area contributed by atoms with Crippen molar-refractivity contribution in [2.24, 2.45) is 0 Å². The first kappa shape index (κ1) is 16.1. The van der Waals surface area contributed by atoms with Gasteiger partial charge in [-0.05, 0) is 38.5 Å². The maximum Gasteiger partial charge on any atom is 0.224 e. The number of hydrogen-bond donors (Lipinski definition) is 2. The SMILES string of the molecule is CCCC(=O)Nc1cccc(NCc2nccn2C(C)C)c1. The van der Waals surface area contributed by atoms with Crippen molar-refractivity contribution < 1.29 is 4.79 Å². The van der Waals surface area contributed by atoms with Crippen molar-refractivity contribution >= 4 is 17.3 Å². The summed E-state index contributed by atoms with van der Waals surface area (Å²) in [7, 11) is 0. The van der Waals surface area contributed by atoms with Crippen molar-refractivity contribution in [1.82, 2.24) is 9.55 Å². The summed E-state index contributed by atoms with van der Waals surface area (Å²) in [6, 6.07) is 8.14. The van der Waals surface area contributed by atoms with Crippen molar-refractivity contribution in [3.8, 4) is 0 Å². The van der Waals surface area contributed by atoms with Crippen LogP contribution in [0.3, 0.4) is 0 Å². The minimum Gasteiger partial charge on any atom is -0.378 e. The van der Waals surface area contributed by atoms with E-state index in [2.05, 4.69) is 34.0 Å². The van der Waals surface area contributed by atoms with Crippen LogP contribution in [0.15, 0.2) is 36.7 Å². The second-order valence-electron chi connectivity index (χ2n) is 5.58. The molecule has 0 fully saturated rings. The number of hydrogen-bond acceptors (Lipinski definition) is 3. The monoisotopic (exact) mass is 300 g/mol. The van der Waals surface area contributed by atoms with Gasteiger partial charge >= 0.3 is 0 Å². The molecule has 5 heteroatoms. The van der Waals surface area contributed by atoms with Gasteiger partial charge in [0.25, 0.3) is 0 Å². The number of nitrogens with one attached hydrogen (secondary N) is 2. The Morgan fingerprint density at radius 3 is 2.82 bits per heavy atom. The van der Waals surface area contributed by atoms with E-state index in [1.165, 1.54) is 0 Å². The number of carbonyl (C=O) groups excluding carboxylic acids is 1. The molecule has 5 nitrogen and oxygen atoms in total. The van der Waals surface area contributed by atoms with Gasteiger partial charge in [-0.1, -0.05) is 13.0 Å². The van der Waals surface area contributed by atoms with E-state index in [0.29, 0.717) is 19.0 Å². The highest BCUT2D eigenvalue weighted by Gasteiger charge is 2.06. The van der Waals surface area contributed by atoms with Gasteiger partial charge < -0.3 is 15.2 Å². The lowest BCUT2D eigenvalue weighted by molar-refractivity contribution is -0.116. The molecule has 2 N–H and O–H groups in total. The van der Waals surface area contributed by atoms with Crippen LogP contribution in [0.2, 0.25) is 0 Å². The summed E-state index contributed by atoms with van der Waals surface area (Å²) in [5, 5.41) is 6.26. The van der Waals surface area contributed by atoms with Crippen molar-refractivity contribution in [2.75, 3.05) is 10.6 Å². The molecule has 0 bridgehead atoms. The maximum atomic E-state index is 11.6. The molecule has 22 heavy (non-hydrogen) atoms. The first-order chi connectivity index (χ1) is 10.6. The smallest absolute Gasteiger partial charge is 0.224 e. The van der Waals surface area contributed by atoms with Crippen molar-refractivity contribution in [3.63, 3.8) is 0 Å². The summed E-state index contributed by atoms with van der Waals surface area (Å²) in [5.41, 5.74) is 1.78. The third-order valence-electron chi connectivity index (χ3n) is 3.38. The van der Waals surface area contributed by atoms with Gasteiger partial charge in [-0.3, -0.25) is 4.79 Å². The Morgan fingerprint density at radius 2 is 2.09 bits per heavy atom. The molecule has 1 aromatic heterocycles. The number of amides is 1. The summed E-state index contributed by atoms with van der Waals surface area (Å²) < 4.78 is 2.14. The highest BCUT2D eigenvalue weighted by Crippen LogP contribution is 2.17. The predicted molar refractivity (Wildman–Crippen MR) is 89.9 cm³/mol. The molecule has 0 aliphatic carbocycles. The molecule has 0 unspecified atom stereocenters. The summed E-state index contributed by atoms with van der Waals surface area (Å²) in [4.78, 5) is 16.0. The molecule has 1 aromatic carbocycles. The molecule has 0 atom stereocenters. The van der Waals surface area contributed by atoms with Crippen molar-refractivity contribution in [1.29, 1.82) is 0 Å². The first-order valence-electron chi connectivity index (χ1n) is 7.75. The van der Waals surface area contributed by atoms with E-state index in [1.807, 2.05) is 43.6 Å². The molecular weight excluding hydrogens is 276 g/mol. The number of aromatic nitrogens is 2. The molecule has 0 saturated heterocycles. The lowest BCUT2D eigenvalue weighted by Gasteiger charge is -2.13. The third-order valence-corrected chi connectivity index (χ3v) is 3.38. The average Bonchev–Trinajstić information content (AvgIpc) is 2.94.